The number of nitrogens with one attached hydrogen (secondary N) is 2. The molecule has 2 amide bonds. The molecule has 0 atom stereocenters. The van der Waals surface area contributed by atoms with Gasteiger partial charge in [-0.15, -0.1) is 0 Å². The summed E-state index contributed by atoms with van der Waals surface area (Å²) in [7, 11) is 3.31. The fourth-order valence-corrected chi connectivity index (χ4v) is 2.23. The summed E-state index contributed by atoms with van der Waals surface area (Å²) in [6, 6.07) is 5.83. The molecule has 0 saturated heterocycles. The predicted octanol–water partition coefficient (Wildman–Crippen LogP) is 1.22. The standard InChI is InChI=1S/C13H18IN3O2/c1-9-6-10(14)4-5-11(9)16-13(19)8-17(3)7-12(18)15-2/h4-6H,7-8H2,1-3H3,(H,15,18)(H,16,19). The van der Waals surface area contributed by atoms with E-state index in [2.05, 4.69) is 33.2 Å². The average molecular weight is 375 g/mol. The SMILES string of the molecule is CNC(=O)CN(C)CC(=O)Nc1ccc(I)cc1C. The van der Waals surface area contributed by atoms with Crippen molar-refractivity contribution in [1.29, 1.82) is 0 Å². The zero-order chi connectivity index (χ0) is 14.4. The average Bonchev–Trinajstić information content (AvgIpc) is 2.32. The van der Waals surface area contributed by atoms with Gasteiger partial charge in [-0.2, -0.15) is 0 Å². The van der Waals surface area contributed by atoms with Crippen LogP contribution in [0.1, 0.15) is 5.56 Å². The number of likely N-dealkylation sites (N-methyl/N-ethyl adjacent to an activating group) is 2. The first-order valence-electron chi connectivity index (χ1n) is 5.87. The Morgan fingerprint density at radius 3 is 2.47 bits per heavy atom. The highest BCUT2D eigenvalue weighted by molar-refractivity contribution is 14.1. The van der Waals surface area contributed by atoms with Gasteiger partial charge in [0.25, 0.3) is 0 Å². The van der Waals surface area contributed by atoms with E-state index in [1.165, 1.54) is 0 Å². The molecule has 0 bridgehead atoms. The Morgan fingerprint density at radius 2 is 1.89 bits per heavy atom. The lowest BCUT2D eigenvalue weighted by Gasteiger charge is -2.16. The maximum Gasteiger partial charge on any atom is 0.238 e. The molecule has 2 N–H and O–H groups in total. The lowest BCUT2D eigenvalue weighted by atomic mass is 10.2. The molecule has 104 valence electrons. The van der Waals surface area contributed by atoms with E-state index in [4.69, 9.17) is 0 Å². The van der Waals surface area contributed by atoms with Crippen molar-refractivity contribution in [1.82, 2.24) is 10.2 Å². The van der Waals surface area contributed by atoms with Gasteiger partial charge in [0.2, 0.25) is 11.8 Å². The molecule has 0 fully saturated rings. The van der Waals surface area contributed by atoms with Crippen molar-refractivity contribution >= 4 is 40.1 Å². The minimum atomic E-state index is -0.129. The van der Waals surface area contributed by atoms with Crippen LogP contribution < -0.4 is 10.6 Å². The molecule has 6 heteroatoms. The number of benzene rings is 1. The van der Waals surface area contributed by atoms with Crippen LogP contribution in [0.2, 0.25) is 0 Å². The molecule has 0 radical (unpaired) electrons. The van der Waals surface area contributed by atoms with Crippen molar-refractivity contribution in [2.45, 2.75) is 6.92 Å². The van der Waals surface area contributed by atoms with E-state index >= 15 is 0 Å². The number of carbonyl (C=O) groups is 2. The lowest BCUT2D eigenvalue weighted by Crippen LogP contribution is -2.37. The van der Waals surface area contributed by atoms with Crippen LogP contribution in [-0.2, 0) is 9.59 Å². The van der Waals surface area contributed by atoms with Crippen LogP contribution in [0.3, 0.4) is 0 Å². The van der Waals surface area contributed by atoms with Crippen LogP contribution in [0.15, 0.2) is 18.2 Å². The van der Waals surface area contributed by atoms with Crippen LogP contribution >= 0.6 is 22.6 Å². The fraction of sp³-hybridized carbons (Fsp3) is 0.385. The molecular weight excluding hydrogens is 357 g/mol. The van der Waals surface area contributed by atoms with E-state index in [9.17, 15) is 9.59 Å². The Morgan fingerprint density at radius 1 is 1.26 bits per heavy atom. The molecule has 0 heterocycles. The van der Waals surface area contributed by atoms with Crippen molar-refractivity contribution < 1.29 is 9.59 Å². The first-order valence-corrected chi connectivity index (χ1v) is 6.95. The summed E-state index contributed by atoms with van der Waals surface area (Å²) in [5.74, 6) is -0.239. The van der Waals surface area contributed by atoms with Gasteiger partial charge < -0.3 is 10.6 Å². The molecule has 0 saturated carbocycles. The number of anilines is 1. The van der Waals surface area contributed by atoms with Crippen LogP contribution in [0, 0.1) is 10.5 Å². The third-order valence-electron chi connectivity index (χ3n) is 2.57. The van der Waals surface area contributed by atoms with Gasteiger partial charge in [0, 0.05) is 16.3 Å². The van der Waals surface area contributed by atoms with Crippen LogP contribution in [0.5, 0.6) is 0 Å². The molecule has 1 aromatic carbocycles. The van der Waals surface area contributed by atoms with Gasteiger partial charge in [0.05, 0.1) is 13.1 Å². The monoisotopic (exact) mass is 375 g/mol. The normalized spacial score (nSPS) is 10.4. The van der Waals surface area contributed by atoms with Crippen molar-refractivity contribution in [3.8, 4) is 0 Å². The highest BCUT2D eigenvalue weighted by atomic mass is 127. The number of halogens is 1. The molecule has 1 rings (SSSR count). The predicted molar refractivity (Wildman–Crippen MR) is 84.1 cm³/mol. The van der Waals surface area contributed by atoms with Crippen LogP contribution in [0.25, 0.3) is 0 Å². The quantitative estimate of drug-likeness (QED) is 0.761. The van der Waals surface area contributed by atoms with Gasteiger partial charge >= 0.3 is 0 Å². The van der Waals surface area contributed by atoms with E-state index in [0.29, 0.717) is 0 Å². The molecule has 1 aromatic rings. The molecular formula is C13H18IN3O2. The molecule has 0 spiro atoms. The zero-order valence-corrected chi connectivity index (χ0v) is 13.4. The van der Waals surface area contributed by atoms with Gasteiger partial charge in [-0.3, -0.25) is 14.5 Å². The smallest absolute Gasteiger partial charge is 0.238 e. The van der Waals surface area contributed by atoms with Gasteiger partial charge in [-0.25, -0.2) is 0 Å². The summed E-state index contributed by atoms with van der Waals surface area (Å²) in [6.07, 6.45) is 0. The molecule has 19 heavy (non-hydrogen) atoms. The maximum absolute atomic E-state index is 11.8. The van der Waals surface area contributed by atoms with Crippen molar-refractivity contribution in [3.63, 3.8) is 0 Å². The van der Waals surface area contributed by atoms with Gasteiger partial charge in [-0.05, 0) is 60.3 Å². The molecule has 5 nitrogen and oxygen atoms in total. The summed E-state index contributed by atoms with van der Waals surface area (Å²) in [5, 5.41) is 5.36. The number of hydrogen-bond acceptors (Lipinski definition) is 3. The Bertz CT molecular complexity index is 477. The summed E-state index contributed by atoms with van der Waals surface area (Å²) >= 11 is 2.23. The number of rotatable bonds is 5. The number of hydrogen-bond donors (Lipinski definition) is 2. The summed E-state index contributed by atoms with van der Waals surface area (Å²) in [6.45, 7) is 2.33. The highest BCUT2D eigenvalue weighted by Gasteiger charge is 2.10. The molecule has 0 aromatic heterocycles. The van der Waals surface area contributed by atoms with Crippen LogP contribution in [-0.4, -0.2) is 43.9 Å². The van der Waals surface area contributed by atoms with Crippen molar-refractivity contribution in [2.24, 2.45) is 0 Å². The topological polar surface area (TPSA) is 61.4 Å². The Hall–Kier alpha value is -1.15. The van der Waals surface area contributed by atoms with Crippen LogP contribution in [0.4, 0.5) is 5.69 Å². The van der Waals surface area contributed by atoms with E-state index in [1.54, 1.807) is 19.0 Å². The molecule has 0 aliphatic heterocycles. The van der Waals surface area contributed by atoms with E-state index in [-0.39, 0.29) is 24.9 Å². The van der Waals surface area contributed by atoms with Gasteiger partial charge in [-0.1, -0.05) is 0 Å². The molecule has 0 aliphatic rings. The maximum atomic E-state index is 11.8. The van der Waals surface area contributed by atoms with Gasteiger partial charge in [0.1, 0.15) is 0 Å². The second-order valence-corrected chi connectivity index (χ2v) is 5.60. The second kappa shape index (κ2) is 7.44. The highest BCUT2D eigenvalue weighted by Crippen LogP contribution is 2.17. The second-order valence-electron chi connectivity index (χ2n) is 4.35. The van der Waals surface area contributed by atoms with Crippen molar-refractivity contribution in [2.75, 3.05) is 32.5 Å². The van der Waals surface area contributed by atoms with E-state index < -0.39 is 0 Å². The zero-order valence-electron chi connectivity index (χ0n) is 11.3. The molecule has 0 aliphatic carbocycles. The number of carbonyl (C=O) groups excluding carboxylic acids is 2. The third kappa shape index (κ3) is 5.56. The van der Waals surface area contributed by atoms with Gasteiger partial charge in [0.15, 0.2) is 0 Å². The largest absolute Gasteiger partial charge is 0.358 e. The van der Waals surface area contributed by atoms with E-state index in [0.717, 1.165) is 14.8 Å². The van der Waals surface area contributed by atoms with Crippen molar-refractivity contribution in [3.05, 3.63) is 27.3 Å². The lowest BCUT2D eigenvalue weighted by molar-refractivity contribution is -0.122. The molecule has 0 unspecified atom stereocenters. The summed E-state index contributed by atoms with van der Waals surface area (Å²) in [5.41, 5.74) is 1.83. The minimum absolute atomic E-state index is 0.110. The summed E-state index contributed by atoms with van der Waals surface area (Å²) in [4.78, 5) is 24.7. The Kier molecular flexibility index (Phi) is 6.23. The summed E-state index contributed by atoms with van der Waals surface area (Å²) < 4.78 is 1.13. The Labute approximate surface area is 126 Å². The minimum Gasteiger partial charge on any atom is -0.358 e. The number of amides is 2. The number of aryl methyl sites for hydroxylation is 1. The fourth-order valence-electron chi connectivity index (χ4n) is 1.58. The van der Waals surface area contributed by atoms with E-state index in [1.807, 2.05) is 25.1 Å². The first kappa shape index (κ1) is 15.9. The first-order chi connectivity index (χ1) is 8.92. The number of nitrogens with zero attached hydrogens (tertiary/aromatic N) is 1. The third-order valence-corrected chi connectivity index (χ3v) is 3.24. The Balaban J connectivity index is 2.53.